The molecule has 5 nitrogen and oxygen atoms in total. The highest BCUT2D eigenvalue weighted by molar-refractivity contribution is 7.89. The molecule has 2 aromatic rings. The zero-order chi connectivity index (χ0) is 18.1. The topological polar surface area (TPSA) is 59.5 Å². The number of rotatable bonds is 4. The van der Waals surface area contributed by atoms with Gasteiger partial charge in [0.05, 0.1) is 11.4 Å². The molecule has 26 heavy (non-hydrogen) atoms. The Morgan fingerprint density at radius 3 is 2.77 bits per heavy atom. The quantitative estimate of drug-likeness (QED) is 0.799. The molecule has 1 aliphatic carbocycles. The normalized spacial score (nSPS) is 20.7. The van der Waals surface area contributed by atoms with Crippen molar-refractivity contribution >= 4 is 21.6 Å². The summed E-state index contributed by atoms with van der Waals surface area (Å²) in [5, 5.41) is 0.434. The number of hydrogen-bond acceptors (Lipinski definition) is 4. The first-order chi connectivity index (χ1) is 12.5. The van der Waals surface area contributed by atoms with E-state index in [0.717, 1.165) is 19.3 Å². The number of aryl methyl sites for hydroxylation is 2. The van der Waals surface area contributed by atoms with Crippen LogP contribution >= 0.6 is 11.6 Å². The molecule has 0 spiro atoms. The fourth-order valence-electron chi connectivity index (χ4n) is 3.67. The third-order valence-electron chi connectivity index (χ3n) is 5.09. The van der Waals surface area contributed by atoms with E-state index in [4.69, 9.17) is 16.3 Å². The van der Waals surface area contributed by atoms with E-state index in [9.17, 15) is 8.42 Å². The van der Waals surface area contributed by atoms with Crippen molar-refractivity contribution in [1.29, 1.82) is 0 Å². The first-order valence-corrected chi connectivity index (χ1v) is 10.7. The lowest BCUT2D eigenvalue weighted by Gasteiger charge is -2.20. The van der Waals surface area contributed by atoms with E-state index >= 15 is 0 Å². The van der Waals surface area contributed by atoms with E-state index in [1.807, 2.05) is 12.1 Å². The predicted molar refractivity (Wildman–Crippen MR) is 100 cm³/mol. The number of hydrogen-bond donors (Lipinski definition) is 0. The molecule has 0 unspecified atom stereocenters. The summed E-state index contributed by atoms with van der Waals surface area (Å²) in [6.45, 7) is 0.783. The molecule has 0 amide bonds. The van der Waals surface area contributed by atoms with Crippen LogP contribution in [0.2, 0.25) is 5.02 Å². The van der Waals surface area contributed by atoms with Crippen LogP contribution in [0.4, 0.5) is 0 Å². The molecule has 1 fully saturated rings. The van der Waals surface area contributed by atoms with Gasteiger partial charge >= 0.3 is 0 Å². The summed E-state index contributed by atoms with van der Waals surface area (Å²) >= 11 is 6.07. The lowest BCUT2D eigenvalue weighted by atomic mass is 9.92. The zero-order valence-electron chi connectivity index (χ0n) is 14.4. The van der Waals surface area contributed by atoms with Crippen molar-refractivity contribution in [3.8, 4) is 5.75 Å². The molecule has 0 bridgehead atoms. The van der Waals surface area contributed by atoms with Crippen LogP contribution in [0.15, 0.2) is 41.6 Å². The van der Waals surface area contributed by atoms with Crippen LogP contribution in [-0.2, 0) is 22.9 Å². The minimum absolute atomic E-state index is 0.206. The first-order valence-electron chi connectivity index (χ1n) is 8.92. The number of ether oxygens (including phenoxy) is 1. The van der Waals surface area contributed by atoms with Crippen LogP contribution in [0.1, 0.15) is 30.4 Å². The molecule has 0 saturated carbocycles. The number of benzene rings is 1. The van der Waals surface area contributed by atoms with Gasteiger partial charge in [-0.25, -0.2) is 8.42 Å². The standard InChI is InChI=1S/C19H21ClN2O3S/c20-18-12-21-9-7-19(18)25-16-8-10-22(13-16)26(23,24)17-6-5-14-3-1-2-4-15(14)11-17/h5-7,9,11-12,16H,1-4,8,10,13H2/t16-/m1/s1. The number of sulfonamides is 1. The fourth-order valence-corrected chi connectivity index (χ4v) is 5.37. The Hall–Kier alpha value is -1.63. The van der Waals surface area contributed by atoms with Crippen molar-refractivity contribution in [2.45, 2.75) is 43.1 Å². The molecule has 7 heteroatoms. The number of nitrogens with zero attached hydrogens (tertiary/aromatic N) is 2. The maximum absolute atomic E-state index is 13.0. The van der Waals surface area contributed by atoms with Crippen molar-refractivity contribution in [2.24, 2.45) is 0 Å². The van der Waals surface area contributed by atoms with Gasteiger partial charge in [-0.1, -0.05) is 17.7 Å². The van der Waals surface area contributed by atoms with Crippen LogP contribution in [0.25, 0.3) is 0 Å². The minimum atomic E-state index is -3.50. The Labute approximate surface area is 159 Å². The molecular formula is C19H21ClN2O3S. The Kier molecular flexibility index (Phi) is 4.90. The van der Waals surface area contributed by atoms with Crippen LogP contribution in [0.3, 0.4) is 0 Å². The van der Waals surface area contributed by atoms with E-state index in [1.54, 1.807) is 18.3 Å². The van der Waals surface area contributed by atoms with E-state index in [-0.39, 0.29) is 6.10 Å². The Bertz CT molecular complexity index is 917. The molecule has 1 aromatic carbocycles. The Morgan fingerprint density at radius 2 is 1.96 bits per heavy atom. The summed E-state index contributed by atoms with van der Waals surface area (Å²) < 4.78 is 33.4. The molecule has 1 aromatic heterocycles. The van der Waals surface area contributed by atoms with Crippen molar-refractivity contribution in [3.63, 3.8) is 0 Å². The van der Waals surface area contributed by atoms with Gasteiger partial charge in [-0.2, -0.15) is 4.31 Å². The van der Waals surface area contributed by atoms with E-state index in [0.29, 0.717) is 35.2 Å². The van der Waals surface area contributed by atoms with Crippen molar-refractivity contribution in [3.05, 3.63) is 52.8 Å². The van der Waals surface area contributed by atoms with Gasteiger partial charge in [0.25, 0.3) is 0 Å². The minimum Gasteiger partial charge on any atom is -0.487 e. The second-order valence-electron chi connectivity index (χ2n) is 6.84. The average molecular weight is 393 g/mol. The maximum Gasteiger partial charge on any atom is 0.243 e. The van der Waals surface area contributed by atoms with Crippen molar-refractivity contribution < 1.29 is 13.2 Å². The summed E-state index contributed by atoms with van der Waals surface area (Å²) in [4.78, 5) is 4.32. The smallest absolute Gasteiger partial charge is 0.243 e. The molecule has 1 saturated heterocycles. The number of fused-ring (bicyclic) bond motifs is 1. The fraction of sp³-hybridized carbons (Fsp3) is 0.421. The van der Waals surface area contributed by atoms with Crippen LogP contribution in [0, 0.1) is 0 Å². The van der Waals surface area contributed by atoms with Gasteiger partial charge in [-0.3, -0.25) is 4.98 Å². The SMILES string of the molecule is O=S(=O)(c1ccc2c(c1)CCCC2)N1CC[C@@H](Oc2ccncc2Cl)C1. The number of pyridine rings is 1. The lowest BCUT2D eigenvalue weighted by molar-refractivity contribution is 0.215. The highest BCUT2D eigenvalue weighted by atomic mass is 35.5. The van der Waals surface area contributed by atoms with Crippen LogP contribution in [-0.4, -0.2) is 36.9 Å². The molecule has 1 atom stereocenters. The second-order valence-corrected chi connectivity index (χ2v) is 9.18. The molecule has 2 aliphatic rings. The molecule has 4 rings (SSSR count). The van der Waals surface area contributed by atoms with Gasteiger partial charge in [-0.05, 0) is 55.4 Å². The van der Waals surface area contributed by atoms with E-state index in [1.165, 1.54) is 28.0 Å². The lowest BCUT2D eigenvalue weighted by Crippen LogP contribution is -2.31. The predicted octanol–water partition coefficient (Wildman–Crippen LogP) is 3.46. The van der Waals surface area contributed by atoms with Crippen LogP contribution < -0.4 is 4.74 Å². The zero-order valence-corrected chi connectivity index (χ0v) is 16.0. The summed E-state index contributed by atoms with van der Waals surface area (Å²) in [5.74, 6) is 0.541. The van der Waals surface area contributed by atoms with Crippen molar-refractivity contribution in [1.82, 2.24) is 9.29 Å². The average Bonchev–Trinajstić information content (AvgIpc) is 3.13. The molecule has 2 heterocycles. The Morgan fingerprint density at radius 1 is 1.15 bits per heavy atom. The summed E-state index contributed by atoms with van der Waals surface area (Å²) in [7, 11) is -3.50. The largest absolute Gasteiger partial charge is 0.487 e. The molecule has 1 aliphatic heterocycles. The van der Waals surface area contributed by atoms with Crippen LogP contribution in [0.5, 0.6) is 5.75 Å². The summed E-state index contributed by atoms with van der Waals surface area (Å²) in [6, 6.07) is 7.27. The maximum atomic E-state index is 13.0. The molecular weight excluding hydrogens is 372 g/mol. The van der Waals surface area contributed by atoms with Gasteiger partial charge in [0.1, 0.15) is 16.9 Å². The van der Waals surface area contributed by atoms with Gasteiger partial charge in [0.2, 0.25) is 10.0 Å². The highest BCUT2D eigenvalue weighted by Crippen LogP contribution is 2.29. The monoisotopic (exact) mass is 392 g/mol. The third kappa shape index (κ3) is 3.46. The number of halogens is 1. The number of aromatic nitrogens is 1. The molecule has 138 valence electrons. The molecule has 0 N–H and O–H groups in total. The van der Waals surface area contributed by atoms with Gasteiger partial charge < -0.3 is 4.74 Å². The molecule has 0 radical (unpaired) electrons. The summed E-state index contributed by atoms with van der Waals surface area (Å²) in [5.41, 5.74) is 2.46. The second kappa shape index (κ2) is 7.18. The van der Waals surface area contributed by atoms with E-state index in [2.05, 4.69) is 4.98 Å². The summed E-state index contributed by atoms with van der Waals surface area (Å²) in [6.07, 6.45) is 7.88. The van der Waals surface area contributed by atoms with Gasteiger partial charge in [0, 0.05) is 25.0 Å². The highest BCUT2D eigenvalue weighted by Gasteiger charge is 2.34. The third-order valence-corrected chi connectivity index (χ3v) is 7.24. The Balaban J connectivity index is 1.50. The van der Waals surface area contributed by atoms with Gasteiger partial charge in [0.15, 0.2) is 0 Å². The van der Waals surface area contributed by atoms with E-state index < -0.39 is 10.0 Å². The van der Waals surface area contributed by atoms with Crippen molar-refractivity contribution in [2.75, 3.05) is 13.1 Å². The van der Waals surface area contributed by atoms with Gasteiger partial charge in [-0.15, -0.1) is 0 Å². The first kappa shape index (κ1) is 17.8.